The molecule has 0 aliphatic heterocycles. The van der Waals surface area contributed by atoms with E-state index in [-0.39, 0.29) is 18.5 Å². The molecular formula is C14H18FNO3. The molecule has 0 heterocycles. The number of carbonyl (C=O) groups is 2. The molecular weight excluding hydrogens is 249 g/mol. The molecule has 0 bridgehead atoms. The maximum atomic E-state index is 13.6. The molecule has 104 valence electrons. The molecule has 0 aliphatic rings. The fraction of sp³-hybridized carbons (Fsp3) is 0.429. The number of benzene rings is 1. The summed E-state index contributed by atoms with van der Waals surface area (Å²) in [4.78, 5) is 24.7. The molecule has 0 saturated heterocycles. The molecule has 0 spiro atoms. The van der Waals surface area contributed by atoms with E-state index in [1.54, 1.807) is 19.9 Å². The molecule has 0 radical (unpaired) electrons. The monoisotopic (exact) mass is 267 g/mol. The fourth-order valence-corrected chi connectivity index (χ4v) is 1.70. The third-order valence-electron chi connectivity index (χ3n) is 2.83. The Bertz CT molecular complexity index is 474. The summed E-state index contributed by atoms with van der Waals surface area (Å²) in [5.41, 5.74) is 0.848. The van der Waals surface area contributed by atoms with Gasteiger partial charge in [-0.2, -0.15) is 0 Å². The molecule has 0 unspecified atom stereocenters. The van der Waals surface area contributed by atoms with Gasteiger partial charge in [0.2, 0.25) is 0 Å². The van der Waals surface area contributed by atoms with Crippen LogP contribution in [-0.4, -0.2) is 37.0 Å². The number of hydrogen-bond donors (Lipinski definition) is 0. The smallest absolute Gasteiger partial charge is 0.307 e. The summed E-state index contributed by atoms with van der Waals surface area (Å²) >= 11 is 0. The first-order chi connectivity index (χ1) is 8.99. The van der Waals surface area contributed by atoms with Gasteiger partial charge >= 0.3 is 5.97 Å². The van der Waals surface area contributed by atoms with Gasteiger partial charge < -0.3 is 9.64 Å². The van der Waals surface area contributed by atoms with Gasteiger partial charge in [0.15, 0.2) is 0 Å². The number of amides is 1. The van der Waals surface area contributed by atoms with Crippen molar-refractivity contribution in [3.05, 3.63) is 35.1 Å². The van der Waals surface area contributed by atoms with E-state index in [2.05, 4.69) is 4.74 Å². The minimum absolute atomic E-state index is 0.0340. The van der Waals surface area contributed by atoms with Gasteiger partial charge in [-0.1, -0.05) is 11.6 Å². The summed E-state index contributed by atoms with van der Waals surface area (Å²) in [5.74, 6) is -1.35. The first-order valence-corrected chi connectivity index (χ1v) is 6.11. The van der Waals surface area contributed by atoms with E-state index in [1.807, 2.05) is 0 Å². The highest BCUT2D eigenvalue weighted by Gasteiger charge is 2.19. The number of esters is 1. The Morgan fingerprint density at radius 3 is 2.63 bits per heavy atom. The van der Waals surface area contributed by atoms with Crippen molar-refractivity contribution in [2.45, 2.75) is 20.3 Å². The zero-order valence-corrected chi connectivity index (χ0v) is 11.4. The largest absolute Gasteiger partial charge is 0.469 e. The van der Waals surface area contributed by atoms with Gasteiger partial charge in [-0.25, -0.2) is 4.39 Å². The number of aryl methyl sites for hydroxylation is 1. The van der Waals surface area contributed by atoms with Crippen molar-refractivity contribution in [1.29, 1.82) is 0 Å². The van der Waals surface area contributed by atoms with Crippen molar-refractivity contribution in [1.82, 2.24) is 4.90 Å². The molecule has 0 atom stereocenters. The number of nitrogens with zero attached hydrogens (tertiary/aromatic N) is 1. The van der Waals surface area contributed by atoms with Gasteiger partial charge in [0.25, 0.3) is 5.91 Å². The minimum Gasteiger partial charge on any atom is -0.469 e. The molecule has 4 nitrogen and oxygen atoms in total. The third kappa shape index (κ3) is 4.05. The number of halogens is 1. The number of rotatable bonds is 5. The van der Waals surface area contributed by atoms with Crippen LogP contribution in [0.1, 0.15) is 29.3 Å². The molecule has 19 heavy (non-hydrogen) atoms. The van der Waals surface area contributed by atoms with Gasteiger partial charge in [-0.3, -0.25) is 9.59 Å². The Hall–Kier alpha value is -1.91. The molecule has 0 fully saturated rings. The molecule has 0 saturated carbocycles. The summed E-state index contributed by atoms with van der Waals surface area (Å²) in [7, 11) is 1.29. The van der Waals surface area contributed by atoms with E-state index < -0.39 is 17.7 Å². The number of hydrogen-bond acceptors (Lipinski definition) is 3. The van der Waals surface area contributed by atoms with Crippen molar-refractivity contribution in [2.75, 3.05) is 20.2 Å². The number of carbonyl (C=O) groups excluding carboxylic acids is 2. The number of methoxy groups -OCH3 is 1. The summed E-state index contributed by atoms with van der Waals surface area (Å²) in [6.45, 7) is 4.20. The summed E-state index contributed by atoms with van der Waals surface area (Å²) in [6.07, 6.45) is 0.101. The second kappa shape index (κ2) is 6.87. The van der Waals surface area contributed by atoms with Crippen LogP contribution in [0.25, 0.3) is 0 Å². The Labute approximate surface area is 112 Å². The van der Waals surface area contributed by atoms with Crippen molar-refractivity contribution in [3.8, 4) is 0 Å². The van der Waals surface area contributed by atoms with Gasteiger partial charge in [0.05, 0.1) is 19.1 Å². The van der Waals surface area contributed by atoms with Crippen LogP contribution in [0.5, 0.6) is 0 Å². The lowest BCUT2D eigenvalue weighted by Crippen LogP contribution is -2.33. The average molecular weight is 267 g/mol. The predicted octanol–water partition coefficient (Wildman–Crippen LogP) is 2.16. The van der Waals surface area contributed by atoms with Crippen LogP contribution >= 0.6 is 0 Å². The van der Waals surface area contributed by atoms with Crippen LogP contribution in [0.3, 0.4) is 0 Å². The lowest BCUT2D eigenvalue weighted by atomic mass is 10.1. The molecule has 0 aliphatic carbocycles. The van der Waals surface area contributed by atoms with Crippen molar-refractivity contribution in [3.63, 3.8) is 0 Å². The lowest BCUT2D eigenvalue weighted by molar-refractivity contribution is -0.140. The fourth-order valence-electron chi connectivity index (χ4n) is 1.70. The standard InChI is InChI=1S/C14H18FNO3/c1-4-16(8-7-13(17)19-3)14(18)11-9-10(2)5-6-12(11)15/h5-6,9H,4,7-8H2,1-3H3. The van der Waals surface area contributed by atoms with Crippen LogP contribution in [0.4, 0.5) is 4.39 Å². The zero-order chi connectivity index (χ0) is 14.4. The Morgan fingerprint density at radius 1 is 1.37 bits per heavy atom. The third-order valence-corrected chi connectivity index (χ3v) is 2.83. The van der Waals surface area contributed by atoms with Crippen LogP contribution < -0.4 is 0 Å². The summed E-state index contributed by atoms with van der Waals surface area (Å²) in [5, 5.41) is 0. The average Bonchev–Trinajstić information content (AvgIpc) is 2.41. The van der Waals surface area contributed by atoms with Crippen molar-refractivity contribution < 1.29 is 18.7 Å². The van der Waals surface area contributed by atoms with E-state index in [0.29, 0.717) is 6.54 Å². The Kier molecular flexibility index (Phi) is 5.48. The highest BCUT2D eigenvalue weighted by Crippen LogP contribution is 2.13. The zero-order valence-electron chi connectivity index (χ0n) is 11.4. The van der Waals surface area contributed by atoms with E-state index in [0.717, 1.165) is 5.56 Å². The molecule has 0 N–H and O–H groups in total. The molecule has 1 amide bonds. The predicted molar refractivity (Wildman–Crippen MR) is 69.3 cm³/mol. The lowest BCUT2D eigenvalue weighted by Gasteiger charge is -2.20. The number of ether oxygens (including phenoxy) is 1. The Balaban J connectivity index is 2.83. The van der Waals surface area contributed by atoms with Crippen LogP contribution in [-0.2, 0) is 9.53 Å². The quantitative estimate of drug-likeness (QED) is 0.768. The molecule has 1 rings (SSSR count). The van der Waals surface area contributed by atoms with Crippen molar-refractivity contribution >= 4 is 11.9 Å². The highest BCUT2D eigenvalue weighted by molar-refractivity contribution is 5.94. The first-order valence-electron chi connectivity index (χ1n) is 6.11. The second-order valence-corrected chi connectivity index (χ2v) is 4.19. The van der Waals surface area contributed by atoms with E-state index in [4.69, 9.17) is 0 Å². The first kappa shape index (κ1) is 15.1. The van der Waals surface area contributed by atoms with Gasteiger partial charge in [-0.15, -0.1) is 0 Å². The van der Waals surface area contributed by atoms with Crippen LogP contribution in [0.15, 0.2) is 18.2 Å². The topological polar surface area (TPSA) is 46.6 Å². The van der Waals surface area contributed by atoms with Crippen LogP contribution in [0, 0.1) is 12.7 Å². The molecule has 1 aromatic rings. The summed E-state index contributed by atoms with van der Waals surface area (Å²) in [6, 6.07) is 4.39. The van der Waals surface area contributed by atoms with Crippen molar-refractivity contribution in [2.24, 2.45) is 0 Å². The van der Waals surface area contributed by atoms with E-state index in [9.17, 15) is 14.0 Å². The summed E-state index contributed by atoms with van der Waals surface area (Å²) < 4.78 is 18.2. The Morgan fingerprint density at radius 2 is 2.05 bits per heavy atom. The van der Waals surface area contributed by atoms with Crippen LogP contribution in [0.2, 0.25) is 0 Å². The van der Waals surface area contributed by atoms with E-state index >= 15 is 0 Å². The maximum absolute atomic E-state index is 13.6. The highest BCUT2D eigenvalue weighted by atomic mass is 19.1. The minimum atomic E-state index is -0.549. The normalized spacial score (nSPS) is 10.1. The second-order valence-electron chi connectivity index (χ2n) is 4.19. The van der Waals surface area contributed by atoms with Gasteiger partial charge in [0.1, 0.15) is 5.82 Å². The van der Waals surface area contributed by atoms with Gasteiger partial charge in [0, 0.05) is 13.1 Å². The van der Waals surface area contributed by atoms with Gasteiger partial charge in [-0.05, 0) is 26.0 Å². The molecule has 1 aromatic carbocycles. The maximum Gasteiger partial charge on any atom is 0.307 e. The SMILES string of the molecule is CCN(CCC(=O)OC)C(=O)c1cc(C)ccc1F. The molecule has 5 heteroatoms. The van der Waals surface area contributed by atoms with E-state index in [1.165, 1.54) is 24.1 Å². The molecule has 0 aromatic heterocycles.